The first-order chi connectivity index (χ1) is 12.9. The van der Waals surface area contributed by atoms with Crippen molar-refractivity contribution in [3.05, 3.63) is 17.7 Å². The van der Waals surface area contributed by atoms with Gasteiger partial charge in [0.15, 0.2) is 0 Å². The Morgan fingerprint density at radius 3 is 2.67 bits per heavy atom. The second kappa shape index (κ2) is 8.44. The number of carbonyl (C=O) groups excluding carboxylic acids is 2. The Hall–Kier alpha value is -1.85. The summed E-state index contributed by atoms with van der Waals surface area (Å²) >= 11 is 0. The summed E-state index contributed by atoms with van der Waals surface area (Å²) in [6.07, 6.45) is 9.78. The lowest BCUT2D eigenvalue weighted by molar-refractivity contribution is -0.125. The molecule has 6 heteroatoms. The third-order valence-corrected chi connectivity index (χ3v) is 6.04. The van der Waals surface area contributed by atoms with Gasteiger partial charge in [-0.25, -0.2) is 4.98 Å². The number of rotatable bonds is 8. The van der Waals surface area contributed by atoms with Crippen molar-refractivity contribution in [2.75, 3.05) is 6.54 Å². The third kappa shape index (κ3) is 5.11. The van der Waals surface area contributed by atoms with E-state index in [0.717, 1.165) is 50.8 Å². The van der Waals surface area contributed by atoms with Gasteiger partial charge in [0.2, 0.25) is 5.91 Å². The van der Waals surface area contributed by atoms with Gasteiger partial charge in [0, 0.05) is 18.9 Å². The van der Waals surface area contributed by atoms with Crippen LogP contribution in [0.3, 0.4) is 0 Å². The quantitative estimate of drug-likeness (QED) is 0.653. The molecule has 0 spiro atoms. The van der Waals surface area contributed by atoms with Crippen molar-refractivity contribution in [3.63, 3.8) is 0 Å². The fourth-order valence-corrected chi connectivity index (χ4v) is 4.26. The summed E-state index contributed by atoms with van der Waals surface area (Å²) in [5.74, 6) is 2.09. The predicted octanol–water partition coefficient (Wildman–Crippen LogP) is 3.20. The number of carbonyl (C=O) groups is 2. The minimum absolute atomic E-state index is 0.144. The molecule has 0 unspecified atom stereocenters. The van der Waals surface area contributed by atoms with Crippen LogP contribution in [0.25, 0.3) is 0 Å². The minimum Gasteiger partial charge on any atom is -0.349 e. The molecule has 2 atom stereocenters. The maximum absolute atomic E-state index is 12.6. The average Bonchev–Trinajstić information content (AvgIpc) is 3.31. The van der Waals surface area contributed by atoms with Gasteiger partial charge in [0.25, 0.3) is 5.91 Å². The van der Waals surface area contributed by atoms with Crippen molar-refractivity contribution in [2.24, 2.45) is 17.8 Å². The van der Waals surface area contributed by atoms with E-state index in [1.807, 2.05) is 0 Å². The van der Waals surface area contributed by atoms with Crippen LogP contribution in [0.1, 0.15) is 82.0 Å². The summed E-state index contributed by atoms with van der Waals surface area (Å²) < 4.78 is 0. The number of aromatic nitrogens is 2. The van der Waals surface area contributed by atoms with E-state index in [1.165, 1.54) is 6.42 Å². The van der Waals surface area contributed by atoms with Crippen LogP contribution < -0.4 is 10.6 Å². The van der Waals surface area contributed by atoms with Crippen molar-refractivity contribution in [1.82, 2.24) is 20.6 Å². The molecule has 0 bridgehead atoms. The lowest BCUT2D eigenvalue weighted by atomic mass is 9.81. The van der Waals surface area contributed by atoms with Crippen molar-refractivity contribution in [2.45, 2.75) is 77.7 Å². The molecule has 2 fully saturated rings. The molecule has 27 heavy (non-hydrogen) atoms. The molecule has 6 nitrogen and oxygen atoms in total. The van der Waals surface area contributed by atoms with Crippen LogP contribution >= 0.6 is 0 Å². The molecule has 0 aromatic carbocycles. The van der Waals surface area contributed by atoms with E-state index in [1.54, 1.807) is 6.20 Å². The summed E-state index contributed by atoms with van der Waals surface area (Å²) in [4.78, 5) is 32.6. The molecule has 2 aliphatic rings. The molecule has 0 radical (unpaired) electrons. The molecule has 0 aliphatic heterocycles. The van der Waals surface area contributed by atoms with Gasteiger partial charge in [-0.15, -0.1) is 0 Å². The fourth-order valence-electron chi connectivity index (χ4n) is 4.26. The Balaban J connectivity index is 1.58. The summed E-state index contributed by atoms with van der Waals surface area (Å²) in [6, 6.07) is 0. The second-order valence-electron chi connectivity index (χ2n) is 8.86. The zero-order valence-electron chi connectivity index (χ0n) is 16.9. The number of H-pyrrole nitrogens is 1. The molecular weight excluding hydrogens is 340 g/mol. The SMILES string of the molecule is CC[C@@H]1C[C@H]1C(=O)NC1(CNC(=O)c2cnc(CC(C)C)[nH]2)CCCCC1. The highest BCUT2D eigenvalue weighted by molar-refractivity contribution is 5.92. The molecule has 150 valence electrons. The van der Waals surface area contributed by atoms with Crippen LogP contribution in [-0.2, 0) is 11.2 Å². The van der Waals surface area contributed by atoms with Crippen molar-refractivity contribution < 1.29 is 9.59 Å². The second-order valence-corrected chi connectivity index (χ2v) is 8.86. The summed E-state index contributed by atoms with van der Waals surface area (Å²) in [6.45, 7) is 6.88. The van der Waals surface area contributed by atoms with Gasteiger partial charge in [-0.3, -0.25) is 9.59 Å². The Morgan fingerprint density at radius 2 is 2.04 bits per heavy atom. The molecule has 3 N–H and O–H groups in total. The topological polar surface area (TPSA) is 86.9 Å². The van der Waals surface area contributed by atoms with E-state index in [-0.39, 0.29) is 23.3 Å². The molecule has 1 heterocycles. The molecule has 2 aliphatic carbocycles. The zero-order valence-corrected chi connectivity index (χ0v) is 16.9. The Labute approximate surface area is 162 Å². The molecule has 1 aromatic rings. The number of hydrogen-bond acceptors (Lipinski definition) is 3. The van der Waals surface area contributed by atoms with E-state index in [4.69, 9.17) is 0 Å². The van der Waals surface area contributed by atoms with E-state index in [2.05, 4.69) is 41.4 Å². The summed E-state index contributed by atoms with van der Waals surface area (Å²) in [5, 5.41) is 6.36. The maximum Gasteiger partial charge on any atom is 0.269 e. The first-order valence-electron chi connectivity index (χ1n) is 10.6. The van der Waals surface area contributed by atoms with Gasteiger partial charge >= 0.3 is 0 Å². The molecule has 2 amide bonds. The van der Waals surface area contributed by atoms with Crippen LogP contribution in [0.2, 0.25) is 0 Å². The van der Waals surface area contributed by atoms with Gasteiger partial charge in [0.05, 0.1) is 11.7 Å². The van der Waals surface area contributed by atoms with Crippen LogP contribution in [0, 0.1) is 17.8 Å². The molecule has 0 saturated heterocycles. The predicted molar refractivity (Wildman–Crippen MR) is 105 cm³/mol. The highest BCUT2D eigenvalue weighted by Gasteiger charge is 2.44. The standard InChI is InChI=1S/C21H34N4O2/c1-4-15-11-16(15)19(26)25-21(8-6-5-7-9-21)13-23-20(27)17-12-22-18(24-17)10-14(2)3/h12,14-16H,4-11,13H2,1-3H3,(H,22,24)(H,23,27)(H,25,26)/t15-,16-/m1/s1. The van der Waals surface area contributed by atoms with Gasteiger partial charge in [-0.2, -0.15) is 0 Å². The number of amides is 2. The van der Waals surface area contributed by atoms with Gasteiger partial charge in [-0.05, 0) is 31.1 Å². The van der Waals surface area contributed by atoms with Crippen LogP contribution in [0.5, 0.6) is 0 Å². The summed E-state index contributed by atoms with van der Waals surface area (Å²) in [5.41, 5.74) is 0.198. The van der Waals surface area contributed by atoms with E-state index < -0.39 is 0 Å². The number of nitrogens with zero attached hydrogens (tertiary/aromatic N) is 1. The number of aromatic amines is 1. The van der Waals surface area contributed by atoms with E-state index >= 15 is 0 Å². The van der Waals surface area contributed by atoms with Gasteiger partial charge < -0.3 is 15.6 Å². The van der Waals surface area contributed by atoms with Gasteiger partial charge in [-0.1, -0.05) is 46.5 Å². The first-order valence-corrected chi connectivity index (χ1v) is 10.6. The Bertz CT molecular complexity index is 661. The summed E-state index contributed by atoms with van der Waals surface area (Å²) in [7, 11) is 0. The largest absolute Gasteiger partial charge is 0.349 e. The maximum atomic E-state index is 12.6. The monoisotopic (exact) mass is 374 g/mol. The third-order valence-electron chi connectivity index (χ3n) is 6.04. The Kier molecular flexibility index (Phi) is 6.22. The smallest absolute Gasteiger partial charge is 0.269 e. The van der Waals surface area contributed by atoms with Crippen molar-refractivity contribution >= 4 is 11.8 Å². The number of hydrogen-bond donors (Lipinski definition) is 3. The van der Waals surface area contributed by atoms with Crippen molar-refractivity contribution in [3.8, 4) is 0 Å². The van der Waals surface area contributed by atoms with E-state index in [9.17, 15) is 9.59 Å². The highest BCUT2D eigenvalue weighted by atomic mass is 16.2. The molecule has 2 saturated carbocycles. The van der Waals surface area contributed by atoms with Crippen LogP contribution in [0.15, 0.2) is 6.20 Å². The number of imidazole rings is 1. The average molecular weight is 375 g/mol. The first kappa shape index (κ1) is 19.9. The molecule has 1 aromatic heterocycles. The van der Waals surface area contributed by atoms with Crippen molar-refractivity contribution in [1.29, 1.82) is 0 Å². The molecule has 3 rings (SSSR count). The Morgan fingerprint density at radius 1 is 1.30 bits per heavy atom. The zero-order chi connectivity index (χ0) is 19.4. The van der Waals surface area contributed by atoms with E-state index in [0.29, 0.717) is 24.1 Å². The molecular formula is C21H34N4O2. The number of nitrogens with one attached hydrogen (secondary N) is 3. The lowest BCUT2D eigenvalue weighted by Crippen LogP contribution is -2.57. The lowest BCUT2D eigenvalue weighted by Gasteiger charge is -2.38. The minimum atomic E-state index is -0.299. The van der Waals surface area contributed by atoms with Crippen LogP contribution in [0.4, 0.5) is 0 Å². The fraction of sp³-hybridized carbons (Fsp3) is 0.762. The normalized spacial score (nSPS) is 23.9. The van der Waals surface area contributed by atoms with Crippen LogP contribution in [-0.4, -0.2) is 33.9 Å². The van der Waals surface area contributed by atoms with Gasteiger partial charge in [0.1, 0.15) is 11.5 Å². The highest BCUT2D eigenvalue weighted by Crippen LogP contribution is 2.42.